The molecule has 1 heterocycles. The molecular formula is C11H10FN3OS. The van der Waals surface area contributed by atoms with Crippen molar-refractivity contribution in [2.75, 3.05) is 5.73 Å². The first kappa shape index (κ1) is 11.5. The number of amides is 1. The number of nitrogens with one attached hydrogen (secondary N) is 1. The monoisotopic (exact) mass is 251 g/mol. The zero-order valence-electron chi connectivity index (χ0n) is 8.81. The molecule has 1 amide bonds. The van der Waals surface area contributed by atoms with Gasteiger partial charge >= 0.3 is 0 Å². The van der Waals surface area contributed by atoms with E-state index in [-0.39, 0.29) is 12.1 Å². The number of carbonyl (C=O) groups is 1. The van der Waals surface area contributed by atoms with E-state index in [1.165, 1.54) is 29.5 Å². The van der Waals surface area contributed by atoms with Crippen LogP contribution in [0.3, 0.4) is 0 Å². The van der Waals surface area contributed by atoms with E-state index in [1.807, 2.05) is 0 Å². The summed E-state index contributed by atoms with van der Waals surface area (Å²) in [5, 5.41) is 4.77. The van der Waals surface area contributed by atoms with Crippen molar-refractivity contribution < 1.29 is 9.18 Å². The van der Waals surface area contributed by atoms with Crippen molar-refractivity contribution in [2.45, 2.75) is 6.54 Å². The Morgan fingerprint density at radius 2 is 2.24 bits per heavy atom. The largest absolute Gasteiger partial charge is 0.375 e. The third-order valence-electron chi connectivity index (χ3n) is 2.12. The third kappa shape index (κ3) is 2.79. The number of aromatic nitrogens is 1. The first-order valence-corrected chi connectivity index (χ1v) is 5.77. The molecule has 0 aliphatic rings. The minimum Gasteiger partial charge on any atom is -0.375 e. The number of carbonyl (C=O) groups excluding carboxylic acids is 1. The number of hydrogen-bond donors (Lipinski definition) is 2. The van der Waals surface area contributed by atoms with Crippen molar-refractivity contribution in [3.63, 3.8) is 0 Å². The van der Waals surface area contributed by atoms with Crippen molar-refractivity contribution in [2.24, 2.45) is 0 Å². The average Bonchev–Trinajstić information content (AvgIpc) is 2.73. The molecule has 88 valence electrons. The summed E-state index contributed by atoms with van der Waals surface area (Å²) >= 11 is 1.30. The van der Waals surface area contributed by atoms with Crippen molar-refractivity contribution in [3.05, 3.63) is 46.7 Å². The first-order valence-electron chi connectivity index (χ1n) is 4.89. The molecule has 0 atom stereocenters. The molecule has 0 spiro atoms. The third-order valence-corrected chi connectivity index (χ3v) is 2.84. The van der Waals surface area contributed by atoms with Gasteiger partial charge in [0.1, 0.15) is 5.82 Å². The van der Waals surface area contributed by atoms with E-state index >= 15 is 0 Å². The van der Waals surface area contributed by atoms with Crippen LogP contribution >= 0.6 is 11.3 Å². The van der Waals surface area contributed by atoms with Crippen LogP contribution in [0.15, 0.2) is 29.6 Å². The van der Waals surface area contributed by atoms with Crippen LogP contribution in [0.5, 0.6) is 0 Å². The molecule has 0 fully saturated rings. The Hall–Kier alpha value is -1.95. The Morgan fingerprint density at radius 3 is 2.88 bits per heavy atom. The number of hydrogen-bond acceptors (Lipinski definition) is 4. The fourth-order valence-corrected chi connectivity index (χ4v) is 1.88. The summed E-state index contributed by atoms with van der Waals surface area (Å²) in [4.78, 5) is 15.6. The smallest absolute Gasteiger partial charge is 0.254 e. The minimum atomic E-state index is -0.539. The highest BCUT2D eigenvalue weighted by molar-refractivity contribution is 7.13. The fourth-order valence-electron chi connectivity index (χ4n) is 1.32. The van der Waals surface area contributed by atoms with Gasteiger partial charge in [0.2, 0.25) is 0 Å². The van der Waals surface area contributed by atoms with E-state index in [9.17, 15) is 9.18 Å². The predicted octanol–water partition coefficient (Wildman–Crippen LogP) is 1.79. The lowest BCUT2D eigenvalue weighted by Gasteiger charge is -2.03. The van der Waals surface area contributed by atoms with Gasteiger partial charge in [-0.1, -0.05) is 12.1 Å². The van der Waals surface area contributed by atoms with E-state index in [4.69, 9.17) is 5.73 Å². The molecule has 0 saturated heterocycles. The fraction of sp³-hybridized carbons (Fsp3) is 0.0909. The maximum absolute atomic E-state index is 13.3. The summed E-state index contributed by atoms with van der Waals surface area (Å²) in [7, 11) is 0. The van der Waals surface area contributed by atoms with Crippen LogP contribution in [0.4, 0.5) is 9.52 Å². The maximum atomic E-state index is 13.3. The van der Waals surface area contributed by atoms with Gasteiger partial charge in [-0.15, -0.1) is 11.3 Å². The van der Waals surface area contributed by atoms with Gasteiger partial charge in [-0.3, -0.25) is 4.79 Å². The van der Waals surface area contributed by atoms with E-state index in [1.54, 1.807) is 11.4 Å². The first-order chi connectivity index (χ1) is 8.16. The molecule has 0 aliphatic carbocycles. The molecule has 1 aromatic carbocycles. The number of nitrogens with two attached hydrogens (primary N) is 1. The number of benzene rings is 1. The van der Waals surface area contributed by atoms with Crippen LogP contribution in [0.1, 0.15) is 16.1 Å². The molecule has 17 heavy (non-hydrogen) atoms. The highest BCUT2D eigenvalue weighted by atomic mass is 32.1. The second-order valence-electron chi connectivity index (χ2n) is 3.34. The highest BCUT2D eigenvalue weighted by Crippen LogP contribution is 2.11. The average molecular weight is 251 g/mol. The van der Waals surface area contributed by atoms with Gasteiger partial charge in [-0.05, 0) is 12.1 Å². The highest BCUT2D eigenvalue weighted by Gasteiger charge is 2.10. The number of nitrogens with zero attached hydrogens (tertiary/aromatic N) is 1. The molecule has 0 unspecified atom stereocenters. The number of halogens is 1. The van der Waals surface area contributed by atoms with Gasteiger partial charge < -0.3 is 11.1 Å². The number of nitrogen functional groups attached to an aromatic ring is 1. The van der Waals surface area contributed by atoms with Crippen LogP contribution < -0.4 is 11.1 Å². The number of thiazole rings is 1. The standard InChI is InChI=1S/C11H10FN3OS/c12-9-4-2-1-3-8(9)10(16)14-5-7-6-17-11(13)15-7/h1-4,6H,5H2,(H2,13,15)(H,14,16). The van der Waals surface area contributed by atoms with Crippen LogP contribution in [0.25, 0.3) is 0 Å². The summed E-state index contributed by atoms with van der Waals surface area (Å²) in [6.45, 7) is 0.237. The predicted molar refractivity (Wildman–Crippen MR) is 64.1 cm³/mol. The van der Waals surface area contributed by atoms with Gasteiger partial charge in [-0.2, -0.15) is 0 Å². The molecule has 2 rings (SSSR count). The molecule has 0 aliphatic heterocycles. The summed E-state index contributed by atoms with van der Waals surface area (Å²) in [6, 6.07) is 5.82. The summed E-state index contributed by atoms with van der Waals surface area (Å²) in [5.74, 6) is -1.00. The lowest BCUT2D eigenvalue weighted by Crippen LogP contribution is -2.23. The second-order valence-corrected chi connectivity index (χ2v) is 4.23. The van der Waals surface area contributed by atoms with Crippen molar-refractivity contribution >= 4 is 22.4 Å². The Labute approximate surface area is 101 Å². The second kappa shape index (κ2) is 4.92. The normalized spacial score (nSPS) is 10.2. The molecule has 3 N–H and O–H groups in total. The number of anilines is 1. The molecule has 0 bridgehead atoms. The Balaban J connectivity index is 2.01. The quantitative estimate of drug-likeness (QED) is 0.874. The Morgan fingerprint density at radius 1 is 1.47 bits per heavy atom. The van der Waals surface area contributed by atoms with E-state index in [0.29, 0.717) is 10.8 Å². The summed E-state index contributed by atoms with van der Waals surface area (Å²) in [5.41, 5.74) is 6.14. The van der Waals surface area contributed by atoms with Crippen LogP contribution in [0.2, 0.25) is 0 Å². The van der Waals surface area contributed by atoms with Crippen molar-refractivity contribution in [1.82, 2.24) is 10.3 Å². The van der Waals surface area contributed by atoms with Gasteiger partial charge in [-0.25, -0.2) is 9.37 Å². The van der Waals surface area contributed by atoms with Gasteiger partial charge in [0.25, 0.3) is 5.91 Å². The zero-order chi connectivity index (χ0) is 12.3. The Bertz CT molecular complexity index is 541. The minimum absolute atomic E-state index is 0.0238. The van der Waals surface area contributed by atoms with E-state index in [0.717, 1.165) is 0 Å². The van der Waals surface area contributed by atoms with Crippen molar-refractivity contribution in [3.8, 4) is 0 Å². The molecule has 6 heteroatoms. The van der Waals surface area contributed by atoms with Crippen LogP contribution in [-0.4, -0.2) is 10.9 Å². The molecule has 2 aromatic rings. The topological polar surface area (TPSA) is 68.0 Å². The summed E-state index contributed by atoms with van der Waals surface area (Å²) in [6.07, 6.45) is 0. The SMILES string of the molecule is Nc1nc(CNC(=O)c2ccccc2F)cs1. The lowest BCUT2D eigenvalue weighted by molar-refractivity contribution is 0.0946. The van der Waals surface area contributed by atoms with E-state index < -0.39 is 11.7 Å². The van der Waals surface area contributed by atoms with Crippen molar-refractivity contribution in [1.29, 1.82) is 0 Å². The van der Waals surface area contributed by atoms with Gasteiger partial charge in [0.15, 0.2) is 5.13 Å². The lowest BCUT2D eigenvalue weighted by atomic mass is 10.2. The Kier molecular flexibility index (Phi) is 3.34. The summed E-state index contributed by atoms with van der Waals surface area (Å²) < 4.78 is 13.3. The molecule has 0 saturated carbocycles. The van der Waals surface area contributed by atoms with Gasteiger partial charge in [0.05, 0.1) is 17.8 Å². The molecular weight excluding hydrogens is 241 g/mol. The zero-order valence-corrected chi connectivity index (χ0v) is 9.63. The van der Waals surface area contributed by atoms with Gasteiger partial charge in [0, 0.05) is 5.38 Å². The molecule has 0 radical (unpaired) electrons. The number of rotatable bonds is 3. The molecule has 1 aromatic heterocycles. The molecule has 4 nitrogen and oxygen atoms in total. The van der Waals surface area contributed by atoms with Crippen LogP contribution in [-0.2, 0) is 6.54 Å². The maximum Gasteiger partial charge on any atom is 0.254 e. The van der Waals surface area contributed by atoms with Crippen LogP contribution in [0, 0.1) is 5.82 Å². The van der Waals surface area contributed by atoms with E-state index in [2.05, 4.69) is 10.3 Å².